The molecule has 1 heterocycles. The van der Waals surface area contributed by atoms with Gasteiger partial charge in [0.2, 0.25) is 0 Å². The summed E-state index contributed by atoms with van der Waals surface area (Å²) in [5, 5.41) is 0. The zero-order chi connectivity index (χ0) is 10.6. The van der Waals surface area contributed by atoms with Crippen LogP contribution < -0.4 is 0 Å². The number of carbonyl (C=O) groups excluding carboxylic acids is 1. The molecule has 0 unspecified atom stereocenters. The van der Waals surface area contributed by atoms with Crippen molar-refractivity contribution < 1.29 is 9.53 Å². The molecule has 1 aromatic rings. The van der Waals surface area contributed by atoms with Gasteiger partial charge < -0.3 is 4.74 Å². The first-order valence-corrected chi connectivity index (χ1v) is 5.17. The number of hydrogen-bond donors (Lipinski definition) is 0. The minimum Gasteiger partial charge on any atom is -0.468 e. The highest BCUT2D eigenvalue weighted by molar-refractivity contribution is 7.15. The van der Waals surface area contributed by atoms with E-state index in [-0.39, 0.29) is 12.5 Å². The van der Waals surface area contributed by atoms with E-state index >= 15 is 0 Å². The second kappa shape index (κ2) is 5.29. The molecule has 0 aliphatic rings. The fourth-order valence-electron chi connectivity index (χ4n) is 0.964. The van der Waals surface area contributed by atoms with Crippen molar-refractivity contribution in [3.8, 4) is 0 Å². The first kappa shape index (κ1) is 11.4. The fraction of sp³-hybridized carbons (Fsp3) is 0.500. The molecule has 0 saturated heterocycles. The Labute approximate surface area is 91.5 Å². The average Bonchev–Trinajstić information content (AvgIpc) is 2.50. The highest BCUT2D eigenvalue weighted by Gasteiger charge is 2.08. The van der Waals surface area contributed by atoms with Gasteiger partial charge in [-0.15, -0.1) is 11.3 Å². The number of nitrogens with zero attached hydrogens (tertiary/aromatic N) is 2. The topological polar surface area (TPSA) is 42.4 Å². The van der Waals surface area contributed by atoms with E-state index in [1.807, 2.05) is 11.9 Å². The van der Waals surface area contributed by atoms with Crippen LogP contribution in [0.2, 0.25) is 4.47 Å². The summed E-state index contributed by atoms with van der Waals surface area (Å²) in [6.07, 6.45) is 1.71. The lowest BCUT2D eigenvalue weighted by atomic mass is 10.4. The molecule has 0 bridgehead atoms. The molecule has 0 fully saturated rings. The summed E-state index contributed by atoms with van der Waals surface area (Å²) in [6, 6.07) is 0. The molecule has 1 aromatic heterocycles. The van der Waals surface area contributed by atoms with Gasteiger partial charge in [-0.3, -0.25) is 9.69 Å². The van der Waals surface area contributed by atoms with E-state index in [0.29, 0.717) is 11.0 Å². The molecule has 1 rings (SSSR count). The summed E-state index contributed by atoms with van der Waals surface area (Å²) in [6.45, 7) is 0.922. The average molecular weight is 235 g/mol. The quantitative estimate of drug-likeness (QED) is 0.739. The molecule has 0 amide bonds. The monoisotopic (exact) mass is 234 g/mol. The number of thiazole rings is 1. The Morgan fingerprint density at radius 1 is 1.79 bits per heavy atom. The molecule has 0 aromatic carbocycles. The lowest BCUT2D eigenvalue weighted by Crippen LogP contribution is -2.25. The Kier molecular flexibility index (Phi) is 4.31. The Bertz CT molecular complexity index is 316. The van der Waals surface area contributed by atoms with Crippen molar-refractivity contribution in [2.75, 3.05) is 20.7 Å². The number of esters is 1. The molecule has 0 atom stereocenters. The van der Waals surface area contributed by atoms with E-state index in [4.69, 9.17) is 11.6 Å². The third kappa shape index (κ3) is 3.61. The van der Waals surface area contributed by atoms with Crippen molar-refractivity contribution >= 4 is 28.9 Å². The van der Waals surface area contributed by atoms with Crippen LogP contribution in [0, 0.1) is 0 Å². The molecule has 0 saturated carbocycles. The largest absolute Gasteiger partial charge is 0.468 e. The first-order valence-electron chi connectivity index (χ1n) is 3.97. The molecular formula is C8H11ClN2O2S. The van der Waals surface area contributed by atoms with Crippen LogP contribution in [0.25, 0.3) is 0 Å². The van der Waals surface area contributed by atoms with Crippen LogP contribution in [0.3, 0.4) is 0 Å². The van der Waals surface area contributed by atoms with Gasteiger partial charge in [0.15, 0.2) is 4.47 Å². The van der Waals surface area contributed by atoms with E-state index in [0.717, 1.165) is 4.88 Å². The maximum absolute atomic E-state index is 10.9. The van der Waals surface area contributed by atoms with Crippen LogP contribution in [0.4, 0.5) is 0 Å². The third-order valence-corrected chi connectivity index (χ3v) is 2.68. The highest BCUT2D eigenvalue weighted by atomic mass is 35.5. The molecule has 14 heavy (non-hydrogen) atoms. The zero-order valence-electron chi connectivity index (χ0n) is 7.99. The number of likely N-dealkylation sites (N-methyl/N-ethyl adjacent to an activating group) is 1. The van der Waals surface area contributed by atoms with Crippen molar-refractivity contribution in [2.24, 2.45) is 0 Å². The Morgan fingerprint density at radius 2 is 2.50 bits per heavy atom. The van der Waals surface area contributed by atoms with Crippen LogP contribution in [-0.2, 0) is 16.1 Å². The van der Waals surface area contributed by atoms with Gasteiger partial charge in [0.05, 0.1) is 13.7 Å². The van der Waals surface area contributed by atoms with Crippen LogP contribution in [0.1, 0.15) is 4.88 Å². The number of carbonyl (C=O) groups is 1. The van der Waals surface area contributed by atoms with Crippen LogP contribution in [0.5, 0.6) is 0 Å². The maximum Gasteiger partial charge on any atom is 0.319 e. The number of aromatic nitrogens is 1. The van der Waals surface area contributed by atoms with E-state index in [9.17, 15) is 4.79 Å². The highest BCUT2D eigenvalue weighted by Crippen LogP contribution is 2.18. The van der Waals surface area contributed by atoms with E-state index in [1.54, 1.807) is 6.20 Å². The van der Waals surface area contributed by atoms with E-state index in [2.05, 4.69) is 9.72 Å². The number of halogens is 1. The second-order valence-corrected chi connectivity index (χ2v) is 4.53. The third-order valence-electron chi connectivity index (χ3n) is 1.58. The van der Waals surface area contributed by atoms with Gasteiger partial charge in [-0.1, -0.05) is 11.6 Å². The molecular weight excluding hydrogens is 224 g/mol. The van der Waals surface area contributed by atoms with Crippen LogP contribution >= 0.6 is 22.9 Å². The smallest absolute Gasteiger partial charge is 0.319 e. The van der Waals surface area contributed by atoms with Gasteiger partial charge in [-0.05, 0) is 7.05 Å². The Morgan fingerprint density at radius 3 is 3.00 bits per heavy atom. The molecule has 0 aliphatic heterocycles. The Balaban J connectivity index is 2.41. The molecule has 0 radical (unpaired) electrons. The lowest BCUT2D eigenvalue weighted by molar-refractivity contribution is -0.141. The fourth-order valence-corrected chi connectivity index (χ4v) is 2.02. The van der Waals surface area contributed by atoms with Gasteiger partial charge in [0.1, 0.15) is 0 Å². The molecule has 4 nitrogen and oxygen atoms in total. The first-order chi connectivity index (χ1) is 6.61. The summed E-state index contributed by atoms with van der Waals surface area (Å²) in [5.74, 6) is -0.247. The standard InChI is InChI=1S/C8H11ClN2O2S/c1-11(5-7(12)13-2)4-6-3-10-8(9)14-6/h3H,4-5H2,1-2H3. The van der Waals surface area contributed by atoms with Crippen molar-refractivity contribution in [1.82, 2.24) is 9.88 Å². The normalized spacial score (nSPS) is 10.6. The van der Waals surface area contributed by atoms with Crippen LogP contribution in [0.15, 0.2) is 6.20 Å². The predicted molar refractivity (Wildman–Crippen MR) is 55.5 cm³/mol. The Hall–Kier alpha value is -0.650. The second-order valence-electron chi connectivity index (χ2n) is 2.83. The van der Waals surface area contributed by atoms with E-state index < -0.39 is 0 Å². The van der Waals surface area contributed by atoms with Gasteiger partial charge >= 0.3 is 5.97 Å². The summed E-state index contributed by atoms with van der Waals surface area (Å²) in [5.41, 5.74) is 0. The summed E-state index contributed by atoms with van der Waals surface area (Å²) in [7, 11) is 3.21. The number of rotatable bonds is 4. The summed E-state index contributed by atoms with van der Waals surface area (Å²) >= 11 is 7.09. The lowest BCUT2D eigenvalue weighted by Gasteiger charge is -2.12. The van der Waals surface area contributed by atoms with E-state index in [1.165, 1.54) is 18.4 Å². The molecule has 0 spiro atoms. The SMILES string of the molecule is COC(=O)CN(C)Cc1cnc(Cl)s1. The van der Waals surface area contributed by atoms with Crippen molar-refractivity contribution in [3.63, 3.8) is 0 Å². The predicted octanol–water partition coefficient (Wildman–Crippen LogP) is 1.40. The number of ether oxygens (including phenoxy) is 1. The van der Waals surface area contributed by atoms with Crippen molar-refractivity contribution in [3.05, 3.63) is 15.5 Å². The molecule has 0 N–H and O–H groups in total. The summed E-state index contributed by atoms with van der Waals surface area (Å²) in [4.78, 5) is 17.7. The molecule has 0 aliphatic carbocycles. The van der Waals surface area contributed by atoms with Gasteiger partial charge in [-0.25, -0.2) is 4.98 Å². The van der Waals surface area contributed by atoms with Gasteiger partial charge in [0.25, 0.3) is 0 Å². The summed E-state index contributed by atoms with van der Waals surface area (Å²) < 4.78 is 5.06. The number of hydrogen-bond acceptors (Lipinski definition) is 5. The van der Waals surface area contributed by atoms with Gasteiger partial charge in [0, 0.05) is 17.6 Å². The number of methoxy groups -OCH3 is 1. The maximum atomic E-state index is 10.9. The minimum absolute atomic E-state index is 0.247. The minimum atomic E-state index is -0.247. The molecule has 78 valence electrons. The van der Waals surface area contributed by atoms with Gasteiger partial charge in [-0.2, -0.15) is 0 Å². The van der Waals surface area contributed by atoms with Crippen LogP contribution in [-0.4, -0.2) is 36.6 Å². The molecule has 6 heteroatoms. The van der Waals surface area contributed by atoms with Crippen molar-refractivity contribution in [1.29, 1.82) is 0 Å². The zero-order valence-corrected chi connectivity index (χ0v) is 9.56. The van der Waals surface area contributed by atoms with Crippen molar-refractivity contribution in [2.45, 2.75) is 6.54 Å².